The molecule has 34 heavy (non-hydrogen) atoms. The highest BCUT2D eigenvalue weighted by Crippen LogP contribution is 2.31. The van der Waals surface area contributed by atoms with Crippen LogP contribution in [0, 0.1) is 26.7 Å². The molecule has 0 radical (unpaired) electrons. The summed E-state index contributed by atoms with van der Waals surface area (Å²) in [5.74, 6) is -0.851. The predicted octanol–water partition coefficient (Wildman–Crippen LogP) is 4.37. The highest BCUT2D eigenvalue weighted by molar-refractivity contribution is 7.89. The van der Waals surface area contributed by atoms with Crippen molar-refractivity contribution in [2.45, 2.75) is 51.7 Å². The number of aryl methyl sites for hydroxylation is 3. The molecule has 0 bridgehead atoms. The van der Waals surface area contributed by atoms with Gasteiger partial charge in [-0.2, -0.15) is 13.1 Å². The number of nitrogens with zero attached hydrogens (tertiary/aromatic N) is 1. The molecule has 0 aliphatic carbocycles. The SMILES string of the molecule is COc1cc(COC(=O)C2CCN(S(=O)(=O)c3c(C)cc(C)cc3C)CC2)ccc1OC(F)F. The van der Waals surface area contributed by atoms with Crippen molar-refractivity contribution in [3.63, 3.8) is 0 Å². The summed E-state index contributed by atoms with van der Waals surface area (Å²) in [7, 11) is -2.34. The second-order valence-corrected chi connectivity index (χ2v) is 10.3. The zero-order chi connectivity index (χ0) is 25.0. The molecule has 1 saturated heterocycles. The van der Waals surface area contributed by atoms with E-state index in [-0.39, 0.29) is 31.2 Å². The number of rotatable bonds is 8. The van der Waals surface area contributed by atoms with Crippen molar-refractivity contribution in [2.24, 2.45) is 5.92 Å². The van der Waals surface area contributed by atoms with Gasteiger partial charge in [0, 0.05) is 13.1 Å². The highest BCUT2D eigenvalue weighted by atomic mass is 32.2. The quantitative estimate of drug-likeness (QED) is 0.504. The molecular weight excluding hydrogens is 468 g/mol. The molecule has 2 aromatic carbocycles. The van der Waals surface area contributed by atoms with E-state index in [9.17, 15) is 22.0 Å². The number of carbonyl (C=O) groups is 1. The number of piperidine rings is 1. The van der Waals surface area contributed by atoms with Gasteiger partial charge in [-0.3, -0.25) is 4.79 Å². The first-order valence-electron chi connectivity index (χ1n) is 10.9. The third-order valence-electron chi connectivity index (χ3n) is 5.81. The van der Waals surface area contributed by atoms with Crippen molar-refractivity contribution >= 4 is 16.0 Å². The summed E-state index contributed by atoms with van der Waals surface area (Å²) in [4.78, 5) is 12.9. The molecule has 3 rings (SSSR count). The number of sulfonamides is 1. The monoisotopic (exact) mass is 497 g/mol. The van der Waals surface area contributed by atoms with Crippen LogP contribution < -0.4 is 9.47 Å². The van der Waals surface area contributed by atoms with E-state index < -0.39 is 28.5 Å². The largest absolute Gasteiger partial charge is 0.493 e. The maximum absolute atomic E-state index is 13.2. The molecule has 0 spiro atoms. The predicted molar refractivity (Wildman–Crippen MR) is 122 cm³/mol. The van der Waals surface area contributed by atoms with E-state index in [2.05, 4.69) is 4.74 Å². The smallest absolute Gasteiger partial charge is 0.387 e. The van der Waals surface area contributed by atoms with Crippen LogP contribution in [0.4, 0.5) is 8.78 Å². The first-order valence-corrected chi connectivity index (χ1v) is 12.3. The minimum atomic E-state index is -3.66. The zero-order valence-electron chi connectivity index (χ0n) is 19.6. The number of benzene rings is 2. The van der Waals surface area contributed by atoms with Gasteiger partial charge in [-0.15, -0.1) is 0 Å². The van der Waals surface area contributed by atoms with Gasteiger partial charge >= 0.3 is 12.6 Å². The minimum absolute atomic E-state index is 0.0651. The second kappa shape index (κ2) is 10.7. The van der Waals surface area contributed by atoms with E-state index in [4.69, 9.17) is 9.47 Å². The first-order chi connectivity index (χ1) is 16.0. The molecule has 1 aliphatic heterocycles. The Morgan fingerprint density at radius 2 is 1.68 bits per heavy atom. The third kappa shape index (κ3) is 5.85. The van der Waals surface area contributed by atoms with E-state index in [1.54, 1.807) is 13.8 Å². The number of ether oxygens (including phenoxy) is 3. The number of hydrogen-bond donors (Lipinski definition) is 0. The van der Waals surface area contributed by atoms with Gasteiger partial charge in [-0.25, -0.2) is 8.42 Å². The topological polar surface area (TPSA) is 82.1 Å². The lowest BCUT2D eigenvalue weighted by atomic mass is 9.98. The average molecular weight is 498 g/mol. The summed E-state index contributed by atoms with van der Waals surface area (Å²) in [6, 6.07) is 8.00. The van der Waals surface area contributed by atoms with Gasteiger partial charge in [0.25, 0.3) is 0 Å². The molecule has 1 aliphatic rings. The second-order valence-electron chi connectivity index (χ2n) is 8.38. The molecular formula is C24H29F2NO6S. The van der Waals surface area contributed by atoms with Crippen LogP contribution in [-0.4, -0.2) is 45.5 Å². The Morgan fingerprint density at radius 3 is 2.24 bits per heavy atom. The number of halogens is 2. The summed E-state index contributed by atoms with van der Waals surface area (Å²) >= 11 is 0. The van der Waals surface area contributed by atoms with Crippen molar-refractivity contribution in [3.8, 4) is 11.5 Å². The van der Waals surface area contributed by atoms with Gasteiger partial charge in [0.2, 0.25) is 10.0 Å². The zero-order valence-corrected chi connectivity index (χ0v) is 20.5. The maximum Gasteiger partial charge on any atom is 0.387 e. The van der Waals surface area contributed by atoms with Crippen molar-refractivity contribution in [1.29, 1.82) is 0 Å². The van der Waals surface area contributed by atoms with Gasteiger partial charge in [0.15, 0.2) is 11.5 Å². The summed E-state index contributed by atoms with van der Waals surface area (Å²) in [6.45, 7) is 2.91. The number of esters is 1. The standard InChI is InChI=1S/C24H29F2NO6S/c1-15-11-16(2)22(17(3)12-15)34(29,30)27-9-7-19(8-10-27)23(28)32-14-18-5-6-20(33-24(25)26)21(13-18)31-4/h5-6,11-13,19,24H,7-10,14H2,1-4H3. The van der Waals surface area contributed by atoms with Gasteiger partial charge in [-0.1, -0.05) is 23.8 Å². The van der Waals surface area contributed by atoms with Gasteiger partial charge in [-0.05, 0) is 62.4 Å². The fourth-order valence-electron chi connectivity index (χ4n) is 4.30. The van der Waals surface area contributed by atoms with Crippen molar-refractivity contribution in [3.05, 3.63) is 52.6 Å². The molecule has 0 N–H and O–H groups in total. The van der Waals surface area contributed by atoms with Crippen LogP contribution in [0.25, 0.3) is 0 Å². The lowest BCUT2D eigenvalue weighted by molar-refractivity contribution is -0.151. The Balaban J connectivity index is 1.59. The molecule has 0 atom stereocenters. The Kier molecular flexibility index (Phi) is 8.14. The van der Waals surface area contributed by atoms with Crippen molar-refractivity contribution < 1.29 is 36.2 Å². The third-order valence-corrected chi connectivity index (χ3v) is 8.02. The van der Waals surface area contributed by atoms with Crippen LogP contribution in [0.5, 0.6) is 11.5 Å². The molecule has 1 heterocycles. The lowest BCUT2D eigenvalue weighted by Crippen LogP contribution is -2.41. The average Bonchev–Trinajstić information content (AvgIpc) is 2.77. The molecule has 10 heteroatoms. The van der Waals surface area contributed by atoms with E-state index in [0.717, 1.165) is 5.56 Å². The normalized spacial score (nSPS) is 15.4. The highest BCUT2D eigenvalue weighted by Gasteiger charge is 2.34. The van der Waals surface area contributed by atoms with Crippen LogP contribution in [0.3, 0.4) is 0 Å². The van der Waals surface area contributed by atoms with Gasteiger partial charge in [0.05, 0.1) is 17.9 Å². The Bertz CT molecular complexity index is 1120. The first kappa shape index (κ1) is 25.9. The molecule has 2 aromatic rings. The summed E-state index contributed by atoms with van der Waals surface area (Å²) in [5, 5.41) is 0. The fourth-order valence-corrected chi connectivity index (χ4v) is 6.18. The van der Waals surface area contributed by atoms with Crippen LogP contribution >= 0.6 is 0 Å². The summed E-state index contributed by atoms with van der Waals surface area (Å²) in [5.41, 5.74) is 2.97. The molecule has 1 fully saturated rings. The number of carbonyl (C=O) groups excluding carboxylic acids is 1. The summed E-state index contributed by atoms with van der Waals surface area (Å²) < 4.78 is 67.6. The molecule has 7 nitrogen and oxygen atoms in total. The van der Waals surface area contributed by atoms with E-state index in [0.29, 0.717) is 34.4 Å². The number of hydrogen-bond acceptors (Lipinski definition) is 6. The number of alkyl halides is 2. The van der Waals surface area contributed by atoms with Gasteiger partial charge in [0.1, 0.15) is 6.61 Å². The Labute approximate surface area is 198 Å². The molecule has 186 valence electrons. The molecule has 0 aromatic heterocycles. The van der Waals surface area contributed by atoms with Crippen LogP contribution in [-0.2, 0) is 26.2 Å². The maximum atomic E-state index is 13.2. The van der Waals surface area contributed by atoms with Crippen molar-refractivity contribution in [2.75, 3.05) is 20.2 Å². The fraction of sp³-hybridized carbons (Fsp3) is 0.458. The van der Waals surface area contributed by atoms with E-state index >= 15 is 0 Å². The minimum Gasteiger partial charge on any atom is -0.493 e. The molecule has 0 unspecified atom stereocenters. The molecule has 0 amide bonds. The van der Waals surface area contributed by atoms with Crippen molar-refractivity contribution in [1.82, 2.24) is 4.31 Å². The van der Waals surface area contributed by atoms with Crippen LogP contribution in [0.15, 0.2) is 35.2 Å². The van der Waals surface area contributed by atoms with Gasteiger partial charge < -0.3 is 14.2 Å². The molecule has 0 saturated carbocycles. The Morgan fingerprint density at radius 1 is 1.06 bits per heavy atom. The number of methoxy groups -OCH3 is 1. The lowest BCUT2D eigenvalue weighted by Gasteiger charge is -2.31. The van der Waals surface area contributed by atoms with E-state index in [1.807, 2.05) is 19.1 Å². The van der Waals surface area contributed by atoms with Crippen LogP contribution in [0.1, 0.15) is 35.1 Å². The van der Waals surface area contributed by atoms with Crippen LogP contribution in [0.2, 0.25) is 0 Å². The Hall–Kier alpha value is -2.72. The summed E-state index contributed by atoms with van der Waals surface area (Å²) in [6.07, 6.45) is 0.707. The van der Waals surface area contributed by atoms with E-state index in [1.165, 1.54) is 29.6 Å².